The molecule has 3 heteroatoms. The third-order valence-electron chi connectivity index (χ3n) is 0. The third-order valence-corrected chi connectivity index (χ3v) is 0. The van der Waals surface area contributed by atoms with Crippen LogP contribution in [0, 0.1) is 0 Å². The molecule has 0 fully saturated rings. The second-order valence-electron chi connectivity index (χ2n) is 0.706. The van der Waals surface area contributed by atoms with Gasteiger partial charge in [0.2, 0.25) is 5.24 Å². The van der Waals surface area contributed by atoms with E-state index in [0.717, 1.165) is 6.29 Å². The standard InChI is InChI=1S/C2H3ClO.C2H4O/c1-2(3)4;1-2-3/h1H3;2H,1H3. The van der Waals surface area contributed by atoms with Gasteiger partial charge < -0.3 is 4.79 Å². The first-order valence-electron chi connectivity index (χ1n) is 1.71. The molecule has 0 atom stereocenters. The van der Waals surface area contributed by atoms with E-state index in [4.69, 9.17) is 4.79 Å². The highest BCUT2D eigenvalue weighted by Gasteiger charge is 1.67. The first kappa shape index (κ1) is 9.80. The van der Waals surface area contributed by atoms with Gasteiger partial charge in [-0.3, -0.25) is 4.79 Å². The first-order chi connectivity index (χ1) is 3.15. The van der Waals surface area contributed by atoms with Crippen molar-refractivity contribution in [1.82, 2.24) is 0 Å². The Balaban J connectivity index is 0. The van der Waals surface area contributed by atoms with E-state index in [1.807, 2.05) is 0 Å². The molecule has 0 aliphatic rings. The van der Waals surface area contributed by atoms with Crippen LogP contribution in [0.2, 0.25) is 0 Å². The number of carbonyl (C=O) groups excluding carboxylic acids is 2. The fourth-order valence-electron chi connectivity index (χ4n) is 0. The second kappa shape index (κ2) is 9.16. The summed E-state index contributed by atoms with van der Waals surface area (Å²) in [7, 11) is 0. The van der Waals surface area contributed by atoms with E-state index in [9.17, 15) is 4.79 Å². The Kier molecular flexibility index (Phi) is 12.8. The maximum absolute atomic E-state index is 9.21. The van der Waals surface area contributed by atoms with Crippen LogP contribution >= 0.6 is 11.6 Å². The third kappa shape index (κ3) is 542. The van der Waals surface area contributed by atoms with Gasteiger partial charge in [-0.25, -0.2) is 0 Å². The molecule has 42 valence electrons. The molecular weight excluding hydrogens is 115 g/mol. The number of rotatable bonds is 0. The molecule has 0 N–H and O–H groups in total. The maximum atomic E-state index is 9.21. The number of hydrogen-bond acceptors (Lipinski definition) is 2. The highest BCUT2D eigenvalue weighted by molar-refractivity contribution is 6.62. The van der Waals surface area contributed by atoms with E-state index in [2.05, 4.69) is 11.6 Å². The molecule has 0 aromatic heterocycles. The van der Waals surface area contributed by atoms with Gasteiger partial charge in [-0.2, -0.15) is 0 Å². The van der Waals surface area contributed by atoms with Crippen LogP contribution < -0.4 is 0 Å². The molecule has 0 saturated heterocycles. The average molecular weight is 123 g/mol. The summed E-state index contributed by atoms with van der Waals surface area (Å²) in [6, 6.07) is 0. The summed E-state index contributed by atoms with van der Waals surface area (Å²) >= 11 is 4.64. The normalized spacial score (nSPS) is 5.57. The van der Waals surface area contributed by atoms with Crippen molar-refractivity contribution in [2.45, 2.75) is 13.8 Å². The highest BCUT2D eigenvalue weighted by Crippen LogP contribution is 1.67. The minimum absolute atomic E-state index is 0.361. The van der Waals surface area contributed by atoms with Crippen LogP contribution in [0.3, 0.4) is 0 Å². The van der Waals surface area contributed by atoms with Crippen molar-refractivity contribution < 1.29 is 9.59 Å². The molecule has 0 amide bonds. The average Bonchev–Trinajstić information content (AvgIpc) is 1.33. The van der Waals surface area contributed by atoms with Gasteiger partial charge in [0.15, 0.2) is 0 Å². The molecule has 0 aliphatic carbocycles. The van der Waals surface area contributed by atoms with Crippen LogP contribution in [0.4, 0.5) is 0 Å². The van der Waals surface area contributed by atoms with Gasteiger partial charge in [-0.1, -0.05) is 0 Å². The zero-order valence-electron chi connectivity index (χ0n) is 4.27. The number of carbonyl (C=O) groups is 2. The minimum atomic E-state index is -0.361. The molecule has 0 aromatic carbocycles. The fraction of sp³-hybridized carbons (Fsp3) is 0.500. The summed E-state index contributed by atoms with van der Waals surface area (Å²) in [6.07, 6.45) is 0.750. The van der Waals surface area contributed by atoms with Crippen LogP contribution in [-0.2, 0) is 9.59 Å². The predicted molar refractivity (Wildman–Crippen MR) is 28.3 cm³/mol. The van der Waals surface area contributed by atoms with Crippen molar-refractivity contribution in [3.05, 3.63) is 0 Å². The van der Waals surface area contributed by atoms with Crippen LogP contribution in [0.15, 0.2) is 0 Å². The molecule has 0 bridgehead atoms. The van der Waals surface area contributed by atoms with E-state index in [1.54, 1.807) is 0 Å². The Labute approximate surface area is 47.5 Å². The Bertz CT molecular complexity index is 56.7. The largest absolute Gasteiger partial charge is 0.304 e. The van der Waals surface area contributed by atoms with Gasteiger partial charge in [0, 0.05) is 6.92 Å². The molecule has 0 aliphatic heterocycles. The van der Waals surface area contributed by atoms with Crippen molar-refractivity contribution in [3.63, 3.8) is 0 Å². The van der Waals surface area contributed by atoms with Gasteiger partial charge in [-0.05, 0) is 18.5 Å². The molecule has 0 spiro atoms. The molecule has 7 heavy (non-hydrogen) atoms. The van der Waals surface area contributed by atoms with Crippen LogP contribution in [0.1, 0.15) is 13.8 Å². The van der Waals surface area contributed by atoms with Crippen molar-refractivity contribution in [1.29, 1.82) is 0 Å². The lowest BCUT2D eigenvalue weighted by molar-refractivity contribution is -0.110. The van der Waals surface area contributed by atoms with Crippen molar-refractivity contribution in [2.75, 3.05) is 0 Å². The van der Waals surface area contributed by atoms with Crippen LogP contribution in [-0.4, -0.2) is 11.5 Å². The Morgan fingerprint density at radius 3 is 1.71 bits per heavy atom. The molecule has 0 aromatic rings. The molecule has 0 saturated carbocycles. The van der Waals surface area contributed by atoms with Gasteiger partial charge in [0.1, 0.15) is 6.29 Å². The maximum Gasteiger partial charge on any atom is 0.218 e. The quantitative estimate of drug-likeness (QED) is 0.355. The zero-order valence-corrected chi connectivity index (χ0v) is 5.03. The molecule has 0 rings (SSSR count). The van der Waals surface area contributed by atoms with Gasteiger partial charge >= 0.3 is 0 Å². The molecule has 0 unspecified atom stereocenters. The van der Waals surface area contributed by atoms with E-state index in [0.29, 0.717) is 0 Å². The second-order valence-corrected chi connectivity index (χ2v) is 1.24. The van der Waals surface area contributed by atoms with Crippen molar-refractivity contribution in [3.8, 4) is 0 Å². The number of halogens is 1. The number of hydrogen-bond donors (Lipinski definition) is 0. The summed E-state index contributed by atoms with van der Waals surface area (Å²) < 4.78 is 0. The summed E-state index contributed by atoms with van der Waals surface area (Å²) in [4.78, 5) is 18.0. The van der Waals surface area contributed by atoms with Gasteiger partial charge in [-0.15, -0.1) is 0 Å². The molecule has 0 heterocycles. The Morgan fingerprint density at radius 1 is 1.71 bits per heavy atom. The fourth-order valence-corrected chi connectivity index (χ4v) is 0. The van der Waals surface area contributed by atoms with Crippen molar-refractivity contribution >= 4 is 23.1 Å². The van der Waals surface area contributed by atoms with Gasteiger partial charge in [0.05, 0.1) is 0 Å². The van der Waals surface area contributed by atoms with E-state index >= 15 is 0 Å². The lowest BCUT2D eigenvalue weighted by Crippen LogP contribution is -1.62. The lowest BCUT2D eigenvalue weighted by Gasteiger charge is -1.52. The summed E-state index contributed by atoms with van der Waals surface area (Å²) in [5.74, 6) is 0. The Hall–Kier alpha value is -0.370. The Morgan fingerprint density at radius 2 is 1.71 bits per heavy atom. The van der Waals surface area contributed by atoms with E-state index < -0.39 is 0 Å². The van der Waals surface area contributed by atoms with E-state index in [1.165, 1.54) is 13.8 Å². The smallest absolute Gasteiger partial charge is 0.218 e. The predicted octanol–water partition coefficient (Wildman–Crippen LogP) is 0.977. The van der Waals surface area contributed by atoms with Gasteiger partial charge in [0.25, 0.3) is 0 Å². The van der Waals surface area contributed by atoms with E-state index in [-0.39, 0.29) is 5.24 Å². The monoisotopic (exact) mass is 122 g/mol. The molecular formula is C4H7ClO2. The van der Waals surface area contributed by atoms with Crippen molar-refractivity contribution in [2.24, 2.45) is 0 Å². The summed E-state index contributed by atoms with van der Waals surface area (Å²) in [6.45, 7) is 2.74. The topological polar surface area (TPSA) is 34.1 Å². The molecule has 2 nitrogen and oxygen atoms in total. The minimum Gasteiger partial charge on any atom is -0.304 e. The van der Waals surface area contributed by atoms with Crippen LogP contribution in [0.5, 0.6) is 0 Å². The highest BCUT2D eigenvalue weighted by atomic mass is 35.5. The summed E-state index contributed by atoms with van der Waals surface area (Å²) in [5, 5.41) is -0.361. The first-order valence-corrected chi connectivity index (χ1v) is 2.08. The van der Waals surface area contributed by atoms with Crippen LogP contribution in [0.25, 0.3) is 0 Å². The zero-order chi connectivity index (χ0) is 6.28. The lowest BCUT2D eigenvalue weighted by atomic mass is 10.9. The summed E-state index contributed by atoms with van der Waals surface area (Å²) in [5.41, 5.74) is 0. The SMILES string of the molecule is CC(=O)Cl.CC=O. The number of aldehydes is 1. The molecule has 0 radical (unpaired) electrons.